The summed E-state index contributed by atoms with van der Waals surface area (Å²) in [5.41, 5.74) is 5.67. The van der Waals surface area contributed by atoms with Crippen molar-refractivity contribution in [1.29, 1.82) is 0 Å². The van der Waals surface area contributed by atoms with Gasteiger partial charge in [0.1, 0.15) is 0 Å². The predicted molar refractivity (Wildman–Crippen MR) is 71.0 cm³/mol. The van der Waals surface area contributed by atoms with Gasteiger partial charge in [0.2, 0.25) is 0 Å². The molecule has 2 atom stereocenters. The molecule has 1 aliphatic rings. The zero-order valence-corrected chi connectivity index (χ0v) is 11.2. The number of rotatable bonds is 1. The maximum absolute atomic E-state index is 12.8. The van der Waals surface area contributed by atoms with Crippen LogP contribution < -0.4 is 10.6 Å². The number of piperidine rings is 1. The van der Waals surface area contributed by atoms with Gasteiger partial charge in [0.25, 0.3) is 0 Å². The Hall–Kier alpha value is -1.39. The third-order valence-corrected chi connectivity index (χ3v) is 3.50. The monoisotopic (exact) mass is 272 g/mol. The molecule has 0 radical (unpaired) electrons. The Labute approximate surface area is 111 Å². The van der Waals surface area contributed by atoms with E-state index in [0.29, 0.717) is 17.5 Å². The van der Waals surface area contributed by atoms with Crippen LogP contribution >= 0.6 is 0 Å². The van der Waals surface area contributed by atoms with E-state index >= 15 is 0 Å². The fourth-order valence-electron chi connectivity index (χ4n) is 2.85. The van der Waals surface area contributed by atoms with Crippen molar-refractivity contribution in [3.05, 3.63) is 23.8 Å². The molecule has 0 aromatic heterocycles. The van der Waals surface area contributed by atoms with Crippen molar-refractivity contribution in [2.45, 2.75) is 26.4 Å². The van der Waals surface area contributed by atoms with Crippen molar-refractivity contribution >= 4 is 11.4 Å². The molecule has 0 amide bonds. The van der Waals surface area contributed by atoms with Gasteiger partial charge in [-0.25, -0.2) is 0 Å². The average Bonchev–Trinajstić information content (AvgIpc) is 2.25. The number of halogens is 3. The Morgan fingerprint density at radius 2 is 1.68 bits per heavy atom. The second kappa shape index (κ2) is 4.94. The van der Waals surface area contributed by atoms with Crippen LogP contribution in [0.1, 0.15) is 25.8 Å². The molecule has 5 heteroatoms. The summed E-state index contributed by atoms with van der Waals surface area (Å²) in [6.45, 7) is 5.81. The lowest BCUT2D eigenvalue weighted by molar-refractivity contribution is -0.137. The summed E-state index contributed by atoms with van der Waals surface area (Å²) >= 11 is 0. The van der Waals surface area contributed by atoms with E-state index in [4.69, 9.17) is 5.73 Å². The molecule has 1 aromatic carbocycles. The highest BCUT2D eigenvalue weighted by Gasteiger charge is 2.32. The highest BCUT2D eigenvalue weighted by Crippen LogP contribution is 2.35. The summed E-state index contributed by atoms with van der Waals surface area (Å²) < 4.78 is 38.4. The smallest absolute Gasteiger partial charge is 0.399 e. The van der Waals surface area contributed by atoms with Gasteiger partial charge in [0.05, 0.1) is 5.56 Å². The minimum Gasteiger partial charge on any atom is -0.399 e. The van der Waals surface area contributed by atoms with Gasteiger partial charge in [-0.15, -0.1) is 0 Å². The largest absolute Gasteiger partial charge is 0.416 e. The molecule has 106 valence electrons. The molecule has 0 aliphatic carbocycles. The minimum atomic E-state index is -4.35. The predicted octanol–water partition coefficient (Wildman–Crippen LogP) is 3.77. The number of hydrogen-bond acceptors (Lipinski definition) is 2. The topological polar surface area (TPSA) is 29.3 Å². The number of alkyl halides is 3. The highest BCUT2D eigenvalue weighted by molar-refractivity contribution is 5.59. The molecule has 1 aliphatic heterocycles. The van der Waals surface area contributed by atoms with Gasteiger partial charge in [-0.2, -0.15) is 13.2 Å². The zero-order valence-electron chi connectivity index (χ0n) is 11.2. The zero-order chi connectivity index (χ0) is 14.2. The third kappa shape index (κ3) is 3.33. The lowest BCUT2D eigenvalue weighted by atomic mass is 9.91. The van der Waals surface area contributed by atoms with E-state index in [1.807, 2.05) is 4.90 Å². The van der Waals surface area contributed by atoms with E-state index in [2.05, 4.69) is 13.8 Å². The second-order valence-corrected chi connectivity index (χ2v) is 5.66. The number of anilines is 2. The minimum absolute atomic E-state index is 0.163. The Morgan fingerprint density at radius 3 is 2.21 bits per heavy atom. The number of nitrogen functional groups attached to an aromatic ring is 1. The SMILES string of the molecule is C[C@H]1C[C@H](C)CN(c2cc(N)cc(C(F)(F)F)c2)C1. The number of benzene rings is 1. The number of nitrogens with two attached hydrogens (primary N) is 1. The van der Waals surface area contributed by atoms with Crippen LogP contribution in [0.25, 0.3) is 0 Å². The Bertz CT molecular complexity index is 446. The van der Waals surface area contributed by atoms with Crippen molar-refractivity contribution in [3.63, 3.8) is 0 Å². The summed E-state index contributed by atoms with van der Waals surface area (Å²) in [5, 5.41) is 0. The summed E-state index contributed by atoms with van der Waals surface area (Å²) in [4.78, 5) is 2.00. The van der Waals surface area contributed by atoms with Gasteiger partial charge in [-0.1, -0.05) is 13.8 Å². The first-order valence-electron chi connectivity index (χ1n) is 6.48. The van der Waals surface area contributed by atoms with Gasteiger partial charge < -0.3 is 10.6 Å². The van der Waals surface area contributed by atoms with Crippen LogP contribution in [0.15, 0.2) is 18.2 Å². The summed E-state index contributed by atoms with van der Waals surface area (Å²) in [7, 11) is 0. The molecule has 2 nitrogen and oxygen atoms in total. The van der Waals surface area contributed by atoms with Gasteiger partial charge in [-0.05, 0) is 36.5 Å². The van der Waals surface area contributed by atoms with Gasteiger partial charge in [-0.3, -0.25) is 0 Å². The van der Waals surface area contributed by atoms with Gasteiger partial charge >= 0.3 is 6.18 Å². The Kier molecular flexibility index (Phi) is 3.65. The summed E-state index contributed by atoms with van der Waals surface area (Å²) in [6.07, 6.45) is -3.23. The molecule has 19 heavy (non-hydrogen) atoms. The fourth-order valence-corrected chi connectivity index (χ4v) is 2.85. The Morgan fingerprint density at radius 1 is 1.11 bits per heavy atom. The second-order valence-electron chi connectivity index (χ2n) is 5.66. The van der Waals surface area contributed by atoms with Crippen LogP contribution in [-0.2, 0) is 6.18 Å². The molecular formula is C14H19F3N2. The third-order valence-electron chi connectivity index (χ3n) is 3.50. The van der Waals surface area contributed by atoms with Crippen LogP contribution in [0.3, 0.4) is 0 Å². The maximum Gasteiger partial charge on any atom is 0.416 e. The van der Waals surface area contributed by atoms with E-state index in [1.165, 1.54) is 6.07 Å². The molecule has 0 bridgehead atoms. The molecule has 1 aromatic rings. The highest BCUT2D eigenvalue weighted by atomic mass is 19.4. The lowest BCUT2D eigenvalue weighted by Crippen LogP contribution is -2.38. The lowest BCUT2D eigenvalue weighted by Gasteiger charge is -2.37. The van der Waals surface area contributed by atoms with Crippen molar-refractivity contribution < 1.29 is 13.2 Å². The van der Waals surface area contributed by atoms with Crippen molar-refractivity contribution in [1.82, 2.24) is 0 Å². The molecule has 2 rings (SSSR count). The first-order chi connectivity index (χ1) is 8.75. The van der Waals surface area contributed by atoms with Crippen molar-refractivity contribution in [3.8, 4) is 0 Å². The van der Waals surface area contributed by atoms with Gasteiger partial charge in [0, 0.05) is 24.5 Å². The van der Waals surface area contributed by atoms with Crippen LogP contribution in [0.4, 0.5) is 24.5 Å². The molecular weight excluding hydrogens is 253 g/mol. The molecule has 0 saturated carbocycles. The van der Waals surface area contributed by atoms with Crippen molar-refractivity contribution in [2.24, 2.45) is 11.8 Å². The van der Waals surface area contributed by atoms with Crippen molar-refractivity contribution in [2.75, 3.05) is 23.7 Å². The Balaban J connectivity index is 2.31. The normalized spacial score (nSPS) is 24.6. The van der Waals surface area contributed by atoms with Crippen LogP contribution in [0.5, 0.6) is 0 Å². The van der Waals surface area contributed by atoms with E-state index in [0.717, 1.165) is 25.6 Å². The molecule has 0 unspecified atom stereocenters. The molecule has 1 saturated heterocycles. The molecule has 0 spiro atoms. The van der Waals surface area contributed by atoms with Crippen LogP contribution in [0.2, 0.25) is 0 Å². The summed E-state index contributed by atoms with van der Waals surface area (Å²) in [6, 6.07) is 3.81. The standard InChI is InChI=1S/C14H19F3N2/c1-9-3-10(2)8-19(7-9)13-5-11(14(15,16)17)4-12(18)6-13/h4-6,9-10H,3,7-8,18H2,1-2H3/t9-,10-/m0/s1. The van der Waals surface area contributed by atoms with E-state index < -0.39 is 11.7 Å². The summed E-state index contributed by atoms with van der Waals surface area (Å²) in [5.74, 6) is 0.971. The van der Waals surface area contributed by atoms with Crippen LogP contribution in [0, 0.1) is 11.8 Å². The molecule has 2 N–H and O–H groups in total. The number of nitrogens with zero attached hydrogens (tertiary/aromatic N) is 1. The van der Waals surface area contributed by atoms with E-state index in [1.54, 1.807) is 6.07 Å². The average molecular weight is 272 g/mol. The van der Waals surface area contributed by atoms with Gasteiger partial charge in [0.15, 0.2) is 0 Å². The quantitative estimate of drug-likeness (QED) is 0.788. The first kappa shape index (κ1) is 14.0. The molecule has 1 heterocycles. The maximum atomic E-state index is 12.8. The molecule has 1 fully saturated rings. The van der Waals surface area contributed by atoms with E-state index in [-0.39, 0.29) is 5.69 Å². The first-order valence-corrected chi connectivity index (χ1v) is 6.48. The van der Waals surface area contributed by atoms with Crippen LogP contribution in [-0.4, -0.2) is 13.1 Å². The van der Waals surface area contributed by atoms with E-state index in [9.17, 15) is 13.2 Å². The fraction of sp³-hybridized carbons (Fsp3) is 0.571. The number of hydrogen-bond donors (Lipinski definition) is 1.